The lowest BCUT2D eigenvalue weighted by molar-refractivity contribution is -0.132. The predicted octanol–water partition coefficient (Wildman–Crippen LogP) is 2.31. The topological polar surface area (TPSA) is 92.7 Å². The molecule has 0 atom stereocenters. The molecule has 27 heavy (non-hydrogen) atoms. The van der Waals surface area contributed by atoms with Gasteiger partial charge in [-0.25, -0.2) is 0 Å². The van der Waals surface area contributed by atoms with Gasteiger partial charge in [0.2, 0.25) is 17.7 Å². The number of rotatable bonds is 5. The van der Waals surface area contributed by atoms with Crippen LogP contribution >= 0.6 is 11.3 Å². The summed E-state index contributed by atoms with van der Waals surface area (Å²) >= 11 is 1.56. The summed E-state index contributed by atoms with van der Waals surface area (Å²) in [6.45, 7) is 2.01. The fourth-order valence-electron chi connectivity index (χ4n) is 2.94. The van der Waals surface area contributed by atoms with Crippen LogP contribution in [0.25, 0.3) is 11.5 Å². The van der Waals surface area contributed by atoms with Gasteiger partial charge in [0.1, 0.15) is 0 Å². The van der Waals surface area contributed by atoms with Crippen molar-refractivity contribution in [3.8, 4) is 11.5 Å². The maximum atomic E-state index is 12.4. The molecule has 0 aliphatic carbocycles. The quantitative estimate of drug-likeness (QED) is 0.668. The highest BCUT2D eigenvalue weighted by molar-refractivity contribution is 7.08. The average Bonchev–Trinajstić information content (AvgIpc) is 3.47. The molecule has 0 bridgehead atoms. The number of hydrogen-bond acceptors (Lipinski definition) is 7. The first-order valence-corrected chi connectivity index (χ1v) is 9.60. The molecule has 1 aliphatic heterocycles. The van der Waals surface area contributed by atoms with Crippen molar-refractivity contribution < 1.29 is 18.4 Å². The molecule has 0 radical (unpaired) electrons. The second kappa shape index (κ2) is 7.75. The second-order valence-electron chi connectivity index (χ2n) is 6.16. The highest BCUT2D eigenvalue weighted by Crippen LogP contribution is 2.21. The molecule has 1 fully saturated rings. The van der Waals surface area contributed by atoms with Crippen molar-refractivity contribution in [2.45, 2.75) is 12.8 Å². The number of carbonyl (C=O) groups excluding carboxylic acids is 2. The fourth-order valence-corrected chi connectivity index (χ4v) is 3.57. The number of amides is 2. The molecule has 1 aliphatic rings. The molecule has 1 saturated heterocycles. The molecule has 9 heteroatoms. The largest absolute Gasteiger partial charge is 0.459 e. The van der Waals surface area contributed by atoms with Gasteiger partial charge in [-0.2, -0.15) is 11.3 Å². The molecule has 140 valence electrons. The van der Waals surface area contributed by atoms with Crippen LogP contribution in [0.5, 0.6) is 0 Å². The molecule has 3 aromatic heterocycles. The van der Waals surface area contributed by atoms with Crippen molar-refractivity contribution in [1.29, 1.82) is 0 Å². The molecular formula is C18H18N4O4S. The Morgan fingerprint density at radius 3 is 2.63 bits per heavy atom. The number of thiophene rings is 1. The molecule has 0 aromatic carbocycles. The van der Waals surface area contributed by atoms with Gasteiger partial charge in [0, 0.05) is 50.0 Å². The smallest absolute Gasteiger partial charge is 0.289 e. The maximum absolute atomic E-state index is 12.4. The van der Waals surface area contributed by atoms with Crippen LogP contribution in [0.4, 0.5) is 0 Å². The normalized spacial score (nSPS) is 14.5. The Morgan fingerprint density at radius 2 is 1.93 bits per heavy atom. The summed E-state index contributed by atoms with van der Waals surface area (Å²) in [5.74, 6) is 1.14. The zero-order chi connectivity index (χ0) is 18.6. The summed E-state index contributed by atoms with van der Waals surface area (Å²) in [4.78, 5) is 28.1. The number of carbonyl (C=O) groups is 2. The molecule has 0 spiro atoms. The van der Waals surface area contributed by atoms with E-state index in [9.17, 15) is 9.59 Å². The van der Waals surface area contributed by atoms with Crippen LogP contribution in [0.2, 0.25) is 0 Å². The Morgan fingerprint density at radius 1 is 1.11 bits per heavy atom. The van der Waals surface area contributed by atoms with Crippen LogP contribution < -0.4 is 0 Å². The second-order valence-corrected chi connectivity index (χ2v) is 6.94. The van der Waals surface area contributed by atoms with Crippen molar-refractivity contribution in [3.63, 3.8) is 0 Å². The molecule has 0 unspecified atom stereocenters. The van der Waals surface area contributed by atoms with E-state index >= 15 is 0 Å². The fraction of sp³-hybridized carbons (Fsp3) is 0.333. The van der Waals surface area contributed by atoms with Crippen molar-refractivity contribution in [1.82, 2.24) is 20.0 Å². The van der Waals surface area contributed by atoms with E-state index in [1.165, 1.54) is 6.26 Å². The van der Waals surface area contributed by atoms with E-state index < -0.39 is 0 Å². The summed E-state index contributed by atoms with van der Waals surface area (Å²) in [6, 6.07) is 5.25. The van der Waals surface area contributed by atoms with Crippen molar-refractivity contribution >= 4 is 23.2 Å². The monoisotopic (exact) mass is 386 g/mol. The molecule has 8 nitrogen and oxygen atoms in total. The third-order valence-corrected chi connectivity index (χ3v) is 5.12. The van der Waals surface area contributed by atoms with Crippen LogP contribution in [0.3, 0.4) is 0 Å². The lowest BCUT2D eigenvalue weighted by atomic mass is 10.2. The third-order valence-electron chi connectivity index (χ3n) is 4.44. The highest BCUT2D eigenvalue weighted by Gasteiger charge is 2.26. The molecule has 4 heterocycles. The lowest BCUT2D eigenvalue weighted by Crippen LogP contribution is -2.50. The van der Waals surface area contributed by atoms with Crippen LogP contribution in [-0.2, 0) is 11.2 Å². The minimum Gasteiger partial charge on any atom is -0.459 e. The first-order valence-electron chi connectivity index (χ1n) is 8.66. The maximum Gasteiger partial charge on any atom is 0.289 e. The number of hydrogen-bond donors (Lipinski definition) is 0. The number of furan rings is 1. The minimum atomic E-state index is -0.140. The number of nitrogens with zero attached hydrogens (tertiary/aromatic N) is 4. The Bertz CT molecular complexity index is 896. The van der Waals surface area contributed by atoms with Gasteiger partial charge in [-0.05, 0) is 23.6 Å². The number of piperazine rings is 1. The van der Waals surface area contributed by atoms with E-state index in [0.29, 0.717) is 56.6 Å². The zero-order valence-corrected chi connectivity index (χ0v) is 15.4. The third kappa shape index (κ3) is 3.92. The summed E-state index contributed by atoms with van der Waals surface area (Å²) in [6.07, 6.45) is 2.19. The molecule has 2 amide bonds. The molecule has 3 aromatic rings. The SMILES string of the molecule is O=C(CCc1nnc(-c2ccsc2)o1)N1CCN(C(=O)c2ccco2)CC1. The summed E-state index contributed by atoms with van der Waals surface area (Å²) in [5, 5.41) is 11.9. The first-order chi connectivity index (χ1) is 13.2. The highest BCUT2D eigenvalue weighted by atomic mass is 32.1. The zero-order valence-electron chi connectivity index (χ0n) is 14.5. The standard InChI is InChI=1S/C18H18N4O4S/c23-16(4-3-15-19-20-17(26-15)13-5-11-27-12-13)21-6-8-22(9-7-21)18(24)14-2-1-10-25-14/h1-2,5,10-12H,3-4,6-9H2. The molecule has 0 saturated carbocycles. The molecule has 4 rings (SSSR count). The van der Waals surface area contributed by atoms with Gasteiger partial charge in [0.05, 0.1) is 6.26 Å². The van der Waals surface area contributed by atoms with E-state index in [1.807, 2.05) is 16.8 Å². The van der Waals surface area contributed by atoms with E-state index in [1.54, 1.807) is 33.3 Å². The van der Waals surface area contributed by atoms with Gasteiger partial charge in [-0.3, -0.25) is 9.59 Å². The van der Waals surface area contributed by atoms with Gasteiger partial charge < -0.3 is 18.6 Å². The van der Waals surface area contributed by atoms with Gasteiger partial charge in [-0.15, -0.1) is 10.2 Å². The Labute approximate surface area is 159 Å². The van der Waals surface area contributed by atoms with Crippen molar-refractivity contribution in [2.24, 2.45) is 0 Å². The van der Waals surface area contributed by atoms with Crippen molar-refractivity contribution in [3.05, 3.63) is 46.9 Å². The van der Waals surface area contributed by atoms with Crippen LogP contribution in [0, 0.1) is 0 Å². The minimum absolute atomic E-state index is 0.0235. The summed E-state index contributed by atoms with van der Waals surface area (Å²) in [7, 11) is 0. The van der Waals surface area contributed by atoms with Gasteiger partial charge in [0.25, 0.3) is 5.91 Å². The summed E-state index contributed by atoms with van der Waals surface area (Å²) < 4.78 is 10.8. The average molecular weight is 386 g/mol. The Balaban J connectivity index is 1.26. The predicted molar refractivity (Wildman–Crippen MR) is 97.1 cm³/mol. The van der Waals surface area contributed by atoms with E-state index in [0.717, 1.165) is 5.56 Å². The van der Waals surface area contributed by atoms with E-state index in [4.69, 9.17) is 8.83 Å². The van der Waals surface area contributed by atoms with Crippen LogP contribution in [0.1, 0.15) is 22.9 Å². The molecular weight excluding hydrogens is 368 g/mol. The van der Waals surface area contributed by atoms with Crippen LogP contribution in [-0.4, -0.2) is 58.0 Å². The Kier molecular flexibility index (Phi) is 5.01. The van der Waals surface area contributed by atoms with Crippen molar-refractivity contribution in [2.75, 3.05) is 26.2 Å². The number of aromatic nitrogens is 2. The van der Waals surface area contributed by atoms with E-state index in [-0.39, 0.29) is 11.8 Å². The summed E-state index contributed by atoms with van der Waals surface area (Å²) in [5.41, 5.74) is 0.891. The van der Waals surface area contributed by atoms with Gasteiger partial charge >= 0.3 is 0 Å². The lowest BCUT2D eigenvalue weighted by Gasteiger charge is -2.34. The first kappa shape index (κ1) is 17.5. The van der Waals surface area contributed by atoms with Gasteiger partial charge in [-0.1, -0.05) is 0 Å². The Hall–Kier alpha value is -2.94. The number of aryl methyl sites for hydroxylation is 1. The molecule has 0 N–H and O–H groups in total. The van der Waals surface area contributed by atoms with Gasteiger partial charge in [0.15, 0.2) is 5.76 Å². The van der Waals surface area contributed by atoms with E-state index in [2.05, 4.69) is 10.2 Å². The van der Waals surface area contributed by atoms with Crippen LogP contribution in [0.15, 0.2) is 44.1 Å².